The molecule has 3 heterocycles. The van der Waals surface area contributed by atoms with E-state index in [-0.39, 0.29) is 0 Å². The molecule has 0 saturated carbocycles. The molecule has 0 aliphatic heterocycles. The summed E-state index contributed by atoms with van der Waals surface area (Å²) in [6.45, 7) is 3.64. The van der Waals surface area contributed by atoms with E-state index in [0.29, 0.717) is 5.82 Å². The average molecular weight is 283 g/mol. The van der Waals surface area contributed by atoms with E-state index in [1.54, 1.807) is 18.6 Å². The standard InChI is InChI=1S/C14H17N7/c1-2-20(9-11-3-5-16-6-4-11)14-13-17-7-8-21(13)10-12(18-14)19-15/h3-8,10,19H,2,9,15H2,1H3. The van der Waals surface area contributed by atoms with Crippen molar-refractivity contribution in [3.05, 3.63) is 48.7 Å². The quantitative estimate of drug-likeness (QED) is 0.544. The van der Waals surface area contributed by atoms with Gasteiger partial charge < -0.3 is 14.7 Å². The SMILES string of the molecule is CCN(Cc1ccncc1)c1nc(NN)cn2ccnc12. The molecule has 7 nitrogen and oxygen atoms in total. The highest BCUT2D eigenvalue weighted by Crippen LogP contribution is 2.21. The summed E-state index contributed by atoms with van der Waals surface area (Å²) in [5.74, 6) is 6.90. The Labute approximate surface area is 122 Å². The fourth-order valence-electron chi connectivity index (χ4n) is 2.24. The highest BCUT2D eigenvalue weighted by Gasteiger charge is 2.14. The van der Waals surface area contributed by atoms with Gasteiger partial charge in [-0.25, -0.2) is 15.8 Å². The van der Waals surface area contributed by atoms with Gasteiger partial charge in [0.1, 0.15) is 0 Å². The predicted molar refractivity (Wildman–Crippen MR) is 81.8 cm³/mol. The topological polar surface area (TPSA) is 84.4 Å². The van der Waals surface area contributed by atoms with Crippen LogP contribution in [0.25, 0.3) is 5.65 Å². The monoisotopic (exact) mass is 283 g/mol. The predicted octanol–water partition coefficient (Wildman–Crippen LogP) is 1.44. The minimum atomic E-state index is 0.601. The maximum absolute atomic E-state index is 5.50. The summed E-state index contributed by atoms with van der Waals surface area (Å²) in [7, 11) is 0. The van der Waals surface area contributed by atoms with E-state index >= 15 is 0 Å². The van der Waals surface area contributed by atoms with Crippen LogP contribution in [0.15, 0.2) is 43.1 Å². The second-order valence-corrected chi connectivity index (χ2v) is 4.62. The lowest BCUT2D eigenvalue weighted by Gasteiger charge is -2.23. The molecule has 0 aromatic carbocycles. The Morgan fingerprint density at radius 1 is 1.29 bits per heavy atom. The van der Waals surface area contributed by atoms with Crippen molar-refractivity contribution in [1.29, 1.82) is 0 Å². The number of pyridine rings is 1. The van der Waals surface area contributed by atoms with E-state index < -0.39 is 0 Å². The second kappa shape index (κ2) is 5.76. The summed E-state index contributed by atoms with van der Waals surface area (Å²) < 4.78 is 1.91. The number of fused-ring (bicyclic) bond motifs is 1. The summed E-state index contributed by atoms with van der Waals surface area (Å²) in [6, 6.07) is 3.99. The van der Waals surface area contributed by atoms with Crippen molar-refractivity contribution in [1.82, 2.24) is 19.4 Å². The maximum Gasteiger partial charge on any atom is 0.180 e. The Bertz CT molecular complexity index is 723. The molecular formula is C14H17N7. The van der Waals surface area contributed by atoms with Gasteiger partial charge in [0.15, 0.2) is 17.3 Å². The number of nitrogen functional groups attached to an aromatic ring is 1. The van der Waals surface area contributed by atoms with Gasteiger partial charge in [-0.1, -0.05) is 0 Å². The van der Waals surface area contributed by atoms with E-state index in [1.807, 2.05) is 28.9 Å². The van der Waals surface area contributed by atoms with Crippen LogP contribution in [0.2, 0.25) is 0 Å². The molecule has 3 aromatic rings. The number of rotatable bonds is 5. The maximum atomic E-state index is 5.50. The molecular weight excluding hydrogens is 266 g/mol. The molecule has 0 radical (unpaired) electrons. The zero-order valence-electron chi connectivity index (χ0n) is 11.8. The van der Waals surface area contributed by atoms with Gasteiger partial charge in [-0.05, 0) is 24.6 Å². The Morgan fingerprint density at radius 2 is 2.10 bits per heavy atom. The van der Waals surface area contributed by atoms with E-state index in [9.17, 15) is 0 Å². The fourth-order valence-corrected chi connectivity index (χ4v) is 2.24. The molecule has 3 N–H and O–H groups in total. The van der Waals surface area contributed by atoms with Crippen molar-refractivity contribution in [2.24, 2.45) is 5.84 Å². The third kappa shape index (κ3) is 2.63. The third-order valence-corrected chi connectivity index (χ3v) is 3.31. The first-order valence-corrected chi connectivity index (χ1v) is 6.76. The highest BCUT2D eigenvalue weighted by atomic mass is 15.3. The van der Waals surface area contributed by atoms with Crippen LogP contribution in [0.1, 0.15) is 12.5 Å². The molecule has 21 heavy (non-hydrogen) atoms. The van der Waals surface area contributed by atoms with Crippen LogP contribution < -0.4 is 16.2 Å². The molecule has 0 atom stereocenters. The minimum absolute atomic E-state index is 0.601. The first kappa shape index (κ1) is 13.3. The molecule has 7 heteroatoms. The number of anilines is 2. The van der Waals surface area contributed by atoms with Crippen molar-refractivity contribution in [3.8, 4) is 0 Å². The molecule has 108 valence electrons. The molecule has 0 unspecified atom stereocenters. The number of nitrogens with two attached hydrogens (primary N) is 1. The van der Waals surface area contributed by atoms with Gasteiger partial charge in [0.05, 0.1) is 6.20 Å². The zero-order valence-corrected chi connectivity index (χ0v) is 11.8. The number of nitrogens with zero attached hydrogens (tertiary/aromatic N) is 5. The summed E-state index contributed by atoms with van der Waals surface area (Å²) in [4.78, 5) is 15.1. The van der Waals surface area contributed by atoms with Gasteiger partial charge in [0.2, 0.25) is 0 Å². The van der Waals surface area contributed by atoms with Gasteiger partial charge in [-0.2, -0.15) is 0 Å². The van der Waals surface area contributed by atoms with Crippen molar-refractivity contribution in [2.45, 2.75) is 13.5 Å². The van der Waals surface area contributed by atoms with E-state index in [4.69, 9.17) is 5.84 Å². The van der Waals surface area contributed by atoms with Crippen LogP contribution in [0.4, 0.5) is 11.6 Å². The normalized spacial score (nSPS) is 10.8. The van der Waals surface area contributed by atoms with Crippen LogP contribution in [-0.2, 0) is 6.54 Å². The average Bonchev–Trinajstić information content (AvgIpc) is 3.01. The van der Waals surface area contributed by atoms with Gasteiger partial charge in [0.25, 0.3) is 0 Å². The molecule has 3 rings (SSSR count). The lowest BCUT2D eigenvalue weighted by atomic mass is 10.2. The van der Waals surface area contributed by atoms with Crippen LogP contribution in [-0.4, -0.2) is 25.9 Å². The van der Waals surface area contributed by atoms with Crippen LogP contribution in [0, 0.1) is 0 Å². The van der Waals surface area contributed by atoms with E-state index in [0.717, 1.165) is 24.6 Å². The third-order valence-electron chi connectivity index (χ3n) is 3.31. The van der Waals surface area contributed by atoms with E-state index in [2.05, 4.69) is 32.2 Å². The summed E-state index contributed by atoms with van der Waals surface area (Å²) >= 11 is 0. The Hall–Kier alpha value is -2.67. The fraction of sp³-hybridized carbons (Fsp3) is 0.214. The number of hydrogen-bond acceptors (Lipinski definition) is 6. The van der Waals surface area contributed by atoms with E-state index in [1.165, 1.54) is 5.56 Å². The molecule has 0 bridgehead atoms. The smallest absolute Gasteiger partial charge is 0.180 e. The number of hydrogen-bond donors (Lipinski definition) is 2. The van der Waals surface area contributed by atoms with Crippen molar-refractivity contribution in [2.75, 3.05) is 16.9 Å². The largest absolute Gasteiger partial charge is 0.349 e. The molecule has 0 spiro atoms. The molecule has 0 aliphatic rings. The molecule has 0 amide bonds. The lowest BCUT2D eigenvalue weighted by molar-refractivity contribution is 0.810. The van der Waals surface area contributed by atoms with Crippen molar-refractivity contribution >= 4 is 17.3 Å². The summed E-state index contributed by atoms with van der Waals surface area (Å²) in [6.07, 6.45) is 9.02. The van der Waals surface area contributed by atoms with Crippen LogP contribution in [0.5, 0.6) is 0 Å². The first-order chi connectivity index (χ1) is 10.3. The second-order valence-electron chi connectivity index (χ2n) is 4.62. The number of imidazole rings is 1. The molecule has 0 saturated heterocycles. The Morgan fingerprint density at radius 3 is 2.81 bits per heavy atom. The number of nitrogens with one attached hydrogen (secondary N) is 1. The Balaban J connectivity index is 2.01. The summed E-state index contributed by atoms with van der Waals surface area (Å²) in [5.41, 5.74) is 4.58. The van der Waals surface area contributed by atoms with Gasteiger partial charge >= 0.3 is 0 Å². The lowest BCUT2D eigenvalue weighted by Crippen LogP contribution is -2.25. The number of aromatic nitrogens is 4. The van der Waals surface area contributed by atoms with Gasteiger partial charge in [-0.3, -0.25) is 4.98 Å². The van der Waals surface area contributed by atoms with Crippen molar-refractivity contribution < 1.29 is 0 Å². The highest BCUT2D eigenvalue weighted by molar-refractivity contribution is 5.66. The van der Waals surface area contributed by atoms with Gasteiger partial charge in [0, 0.05) is 37.9 Å². The molecule has 3 aromatic heterocycles. The number of hydrazine groups is 1. The molecule has 0 fully saturated rings. The van der Waals surface area contributed by atoms with Crippen molar-refractivity contribution in [3.63, 3.8) is 0 Å². The summed E-state index contributed by atoms with van der Waals surface area (Å²) in [5, 5.41) is 0. The van der Waals surface area contributed by atoms with Crippen LogP contribution >= 0.6 is 0 Å². The van der Waals surface area contributed by atoms with Crippen LogP contribution in [0.3, 0.4) is 0 Å². The minimum Gasteiger partial charge on any atom is -0.349 e. The Kier molecular flexibility index (Phi) is 3.65. The van der Waals surface area contributed by atoms with Gasteiger partial charge in [-0.15, -0.1) is 0 Å². The molecule has 0 aliphatic carbocycles. The zero-order chi connectivity index (χ0) is 14.7. The first-order valence-electron chi connectivity index (χ1n) is 6.76.